The van der Waals surface area contributed by atoms with Gasteiger partial charge >= 0.3 is 0 Å². The Kier molecular flexibility index (Phi) is 7.08. The third-order valence-electron chi connectivity index (χ3n) is 12.7. The van der Waals surface area contributed by atoms with Crippen molar-refractivity contribution in [1.82, 2.24) is 4.57 Å². The summed E-state index contributed by atoms with van der Waals surface area (Å²) < 4.78 is 8.65. The molecule has 9 aromatic rings. The number of aromatic nitrogens is 1. The summed E-state index contributed by atoms with van der Waals surface area (Å²) in [5.74, 6) is 0. The molecule has 2 heteroatoms. The van der Waals surface area contributed by atoms with Crippen molar-refractivity contribution >= 4 is 43.7 Å². The van der Waals surface area contributed by atoms with Crippen LogP contribution < -0.4 is 0 Å². The predicted molar refractivity (Wildman–Crippen MR) is 227 cm³/mol. The average molecular weight is 698 g/mol. The van der Waals surface area contributed by atoms with Crippen LogP contribution in [0, 0.1) is 0 Å². The molecule has 0 amide bonds. The molecule has 0 saturated heterocycles. The normalized spacial score (nSPS) is 15.2. The zero-order valence-corrected chi connectivity index (χ0v) is 31.1. The third-order valence-corrected chi connectivity index (χ3v) is 12.7. The number of benzene rings is 7. The fourth-order valence-electron chi connectivity index (χ4n) is 9.91. The monoisotopic (exact) mass is 697 g/mol. The van der Waals surface area contributed by atoms with Crippen molar-refractivity contribution in [2.45, 2.75) is 64.2 Å². The molecule has 2 heterocycles. The Morgan fingerprint density at radius 2 is 1.13 bits per heavy atom. The van der Waals surface area contributed by atoms with Crippen LogP contribution in [0.3, 0.4) is 0 Å². The molecule has 0 aliphatic heterocycles. The van der Waals surface area contributed by atoms with Gasteiger partial charge < -0.3 is 8.98 Å². The summed E-state index contributed by atoms with van der Waals surface area (Å²) in [4.78, 5) is 0. The van der Waals surface area contributed by atoms with Gasteiger partial charge in [0.1, 0.15) is 11.2 Å². The number of fused-ring (bicyclic) bond motifs is 12. The topological polar surface area (TPSA) is 18.1 Å². The van der Waals surface area contributed by atoms with Gasteiger partial charge in [0.2, 0.25) is 0 Å². The van der Waals surface area contributed by atoms with Crippen LogP contribution in [-0.2, 0) is 18.3 Å². The van der Waals surface area contributed by atoms with Gasteiger partial charge in [-0.3, -0.25) is 0 Å². The minimum Gasteiger partial charge on any atom is -0.456 e. The Labute approximate surface area is 316 Å². The summed E-state index contributed by atoms with van der Waals surface area (Å²) in [6.45, 7) is 4.86. The van der Waals surface area contributed by atoms with Crippen LogP contribution in [0.1, 0.15) is 68.2 Å². The van der Waals surface area contributed by atoms with Crippen molar-refractivity contribution in [3.8, 4) is 39.1 Å². The van der Waals surface area contributed by atoms with E-state index in [0.29, 0.717) is 0 Å². The second-order valence-electron chi connectivity index (χ2n) is 16.2. The van der Waals surface area contributed by atoms with E-state index in [1.54, 1.807) is 0 Å². The molecular formula is C52H43NO. The minimum absolute atomic E-state index is 0.112. The highest BCUT2D eigenvalue weighted by Gasteiger charge is 2.37. The number of rotatable bonds is 2. The summed E-state index contributed by atoms with van der Waals surface area (Å²) in [5.41, 5.74) is 19.4. The number of furan rings is 1. The summed E-state index contributed by atoms with van der Waals surface area (Å²) in [6.07, 6.45) is 8.83. The van der Waals surface area contributed by atoms with E-state index < -0.39 is 0 Å². The molecule has 7 aromatic carbocycles. The largest absolute Gasteiger partial charge is 0.456 e. The molecule has 54 heavy (non-hydrogen) atoms. The molecular weight excluding hydrogens is 655 g/mol. The zero-order valence-electron chi connectivity index (χ0n) is 31.1. The zero-order chi connectivity index (χ0) is 36.0. The van der Waals surface area contributed by atoms with Crippen LogP contribution in [0.2, 0.25) is 0 Å². The van der Waals surface area contributed by atoms with Crippen molar-refractivity contribution < 1.29 is 4.42 Å². The smallest absolute Gasteiger partial charge is 0.135 e. The van der Waals surface area contributed by atoms with Gasteiger partial charge in [-0.1, -0.05) is 124 Å². The fraction of sp³-hybridized carbons (Fsp3) is 0.192. The Bertz CT molecular complexity index is 2950. The molecule has 0 fully saturated rings. The maximum absolute atomic E-state index is 6.21. The number of hydrogen-bond acceptors (Lipinski definition) is 1. The highest BCUT2D eigenvalue weighted by molar-refractivity contribution is 6.11. The van der Waals surface area contributed by atoms with Gasteiger partial charge in [0, 0.05) is 32.6 Å². The first-order chi connectivity index (χ1) is 26.5. The number of para-hydroxylation sites is 2. The first kappa shape index (κ1) is 31.6. The lowest BCUT2D eigenvalue weighted by Gasteiger charge is -2.24. The first-order valence-corrected chi connectivity index (χ1v) is 19.9. The molecule has 0 spiro atoms. The van der Waals surface area contributed by atoms with Gasteiger partial charge in [-0.25, -0.2) is 0 Å². The maximum Gasteiger partial charge on any atom is 0.135 e. The van der Waals surface area contributed by atoms with Gasteiger partial charge in [-0.2, -0.15) is 0 Å². The highest BCUT2D eigenvalue weighted by Crippen LogP contribution is 2.52. The van der Waals surface area contributed by atoms with Crippen molar-refractivity contribution in [1.29, 1.82) is 0 Å². The van der Waals surface area contributed by atoms with E-state index >= 15 is 0 Å². The second kappa shape index (κ2) is 12.1. The third kappa shape index (κ3) is 4.79. The van der Waals surface area contributed by atoms with Crippen LogP contribution >= 0.6 is 0 Å². The van der Waals surface area contributed by atoms with Gasteiger partial charge in [0.25, 0.3) is 0 Å². The van der Waals surface area contributed by atoms with E-state index in [2.05, 4.69) is 152 Å². The van der Waals surface area contributed by atoms with Crippen molar-refractivity contribution in [2.24, 2.45) is 0 Å². The van der Waals surface area contributed by atoms with Crippen LogP contribution in [0.4, 0.5) is 0 Å². The highest BCUT2D eigenvalue weighted by atomic mass is 16.3. The minimum atomic E-state index is -0.112. The first-order valence-electron chi connectivity index (χ1n) is 19.9. The van der Waals surface area contributed by atoms with E-state index in [9.17, 15) is 0 Å². The average Bonchev–Trinajstić information content (AvgIpc) is 3.80. The SMILES string of the molecule is CC1(C)c2cc(-c3ccc4c5ccccc5n(-c5ccc6oc7ccccc7c6c5)c4c3)ccc2-c2cc3c(cc21)-c1ccccc1CCCCCCC3. The quantitative estimate of drug-likeness (QED) is 0.176. The summed E-state index contributed by atoms with van der Waals surface area (Å²) in [5, 5.41) is 4.82. The van der Waals surface area contributed by atoms with Crippen LogP contribution in [-0.4, -0.2) is 4.57 Å². The fourth-order valence-corrected chi connectivity index (χ4v) is 9.91. The number of hydrogen-bond donors (Lipinski definition) is 0. The molecule has 2 aromatic heterocycles. The Morgan fingerprint density at radius 3 is 2.04 bits per heavy atom. The molecule has 0 unspecified atom stereocenters. The van der Waals surface area contributed by atoms with Gasteiger partial charge in [-0.05, 0) is 130 Å². The molecule has 2 aliphatic rings. The lowest BCUT2D eigenvalue weighted by atomic mass is 9.79. The molecule has 0 radical (unpaired) electrons. The van der Waals surface area contributed by atoms with Crippen LogP contribution in [0.25, 0.3) is 82.8 Å². The molecule has 2 nitrogen and oxygen atoms in total. The van der Waals surface area contributed by atoms with Crippen molar-refractivity contribution in [3.63, 3.8) is 0 Å². The van der Waals surface area contributed by atoms with E-state index in [4.69, 9.17) is 4.42 Å². The molecule has 0 N–H and O–H groups in total. The Morgan fingerprint density at radius 1 is 0.444 bits per heavy atom. The summed E-state index contributed by atoms with van der Waals surface area (Å²) in [7, 11) is 0. The van der Waals surface area contributed by atoms with E-state index in [-0.39, 0.29) is 5.41 Å². The lowest BCUT2D eigenvalue weighted by molar-refractivity contribution is 0.615. The van der Waals surface area contributed by atoms with E-state index in [1.807, 2.05) is 6.07 Å². The molecule has 0 atom stereocenters. The molecule has 0 saturated carbocycles. The lowest BCUT2D eigenvalue weighted by Crippen LogP contribution is -2.15. The van der Waals surface area contributed by atoms with Gasteiger partial charge in [0.15, 0.2) is 0 Å². The standard InChI is InChI=1S/C52H43NO/c1-52(2)46-29-34(22-25-39(46)44-28-36-16-7-5-3-4-6-14-33-15-8-9-17-38(33)43(36)32-47(44)52)35-23-26-41-40-18-10-12-20-48(40)53(49(41)30-35)37-24-27-51-45(31-37)42-19-11-13-21-50(42)54-51/h8-13,15,17-32H,3-7,14,16H2,1-2H3. The van der Waals surface area contributed by atoms with Crippen molar-refractivity contribution in [3.05, 3.63) is 162 Å². The molecule has 2 aliphatic carbocycles. The molecule has 11 rings (SSSR count). The predicted octanol–water partition coefficient (Wildman–Crippen LogP) is 14.4. The van der Waals surface area contributed by atoms with Gasteiger partial charge in [0.05, 0.1) is 11.0 Å². The van der Waals surface area contributed by atoms with E-state index in [1.165, 1.54) is 110 Å². The number of nitrogens with zero attached hydrogens (tertiary/aromatic N) is 1. The van der Waals surface area contributed by atoms with E-state index in [0.717, 1.165) is 40.5 Å². The Hall–Kier alpha value is -5.86. The Balaban J connectivity index is 1.05. The van der Waals surface area contributed by atoms with Crippen LogP contribution in [0.15, 0.2) is 144 Å². The second-order valence-corrected chi connectivity index (χ2v) is 16.2. The molecule has 0 bridgehead atoms. The summed E-state index contributed by atoms with van der Waals surface area (Å²) >= 11 is 0. The molecule has 262 valence electrons. The maximum atomic E-state index is 6.21. The summed E-state index contributed by atoms with van der Waals surface area (Å²) in [6, 6.07) is 52.4. The van der Waals surface area contributed by atoms with Crippen molar-refractivity contribution in [2.75, 3.05) is 0 Å². The number of aryl methyl sites for hydroxylation is 2. The van der Waals surface area contributed by atoms with Crippen LogP contribution in [0.5, 0.6) is 0 Å². The van der Waals surface area contributed by atoms with Gasteiger partial charge in [-0.15, -0.1) is 0 Å².